The average Bonchev–Trinajstić information content (AvgIpc) is 2.43. The first kappa shape index (κ1) is 17.4. The fraction of sp³-hybridized carbons (Fsp3) is 0.0769. The third-order valence-corrected chi connectivity index (χ3v) is 2.61. The number of hydrogen-bond donors (Lipinski definition) is 1. The number of nitro groups is 1. The van der Waals surface area contributed by atoms with Crippen LogP contribution in [0.2, 0.25) is 0 Å². The first-order valence-electron chi connectivity index (χ1n) is 5.59. The summed E-state index contributed by atoms with van der Waals surface area (Å²) in [6, 6.07) is 9.24. The molecule has 0 spiro atoms. The Labute approximate surface area is 141 Å². The normalized spacial score (nSPS) is 9.81. The van der Waals surface area contributed by atoms with Crippen LogP contribution in [0.1, 0.15) is 5.56 Å². The summed E-state index contributed by atoms with van der Waals surface area (Å²) in [7, 11) is 0. The fourth-order valence-corrected chi connectivity index (χ4v) is 1.62. The van der Waals surface area contributed by atoms with E-state index in [2.05, 4.69) is 0 Å². The van der Waals surface area contributed by atoms with Crippen molar-refractivity contribution >= 4 is 40.9 Å². The number of nitrogens with two attached hydrogens (primary N) is 1. The van der Waals surface area contributed by atoms with Crippen LogP contribution in [0.4, 0.5) is 20.2 Å². The van der Waals surface area contributed by atoms with E-state index >= 15 is 0 Å². The Bertz CT molecular complexity index is 654. The number of benzene rings is 2. The zero-order valence-corrected chi connectivity index (χ0v) is 10.2. The maximum atomic E-state index is 13.8. The van der Waals surface area contributed by atoms with E-state index < -0.39 is 33.7 Å². The number of anilines is 1. The van der Waals surface area contributed by atoms with E-state index in [0.29, 0.717) is 11.6 Å². The Balaban J connectivity index is 0.00000220. The topological polar surface area (TPSA) is 78.4 Å². The molecule has 8 heteroatoms. The van der Waals surface area contributed by atoms with E-state index in [-0.39, 0.29) is 36.2 Å². The van der Waals surface area contributed by atoms with Gasteiger partial charge in [-0.15, -0.1) is 0 Å². The summed E-state index contributed by atoms with van der Waals surface area (Å²) < 4.78 is 32.4. The summed E-state index contributed by atoms with van der Waals surface area (Å²) in [5, 5.41) is 10.6. The molecule has 0 bridgehead atoms. The first-order valence-corrected chi connectivity index (χ1v) is 5.59. The predicted molar refractivity (Wildman–Crippen MR) is 75.3 cm³/mol. The van der Waals surface area contributed by atoms with Gasteiger partial charge in [0.2, 0.25) is 0 Å². The van der Waals surface area contributed by atoms with E-state index in [1.165, 1.54) is 0 Å². The summed E-state index contributed by atoms with van der Waals surface area (Å²) in [4.78, 5) is 9.61. The van der Waals surface area contributed by atoms with Crippen molar-refractivity contribution in [2.45, 2.75) is 6.61 Å². The van der Waals surface area contributed by atoms with Gasteiger partial charge in [0.25, 0.3) is 5.69 Å². The number of nitro benzene ring substituents is 1. The van der Waals surface area contributed by atoms with Gasteiger partial charge in [0.05, 0.1) is 11.0 Å². The molecular formula is C13H11F2N2NaO3. The second-order valence-electron chi connectivity index (χ2n) is 3.97. The molecule has 106 valence electrons. The Morgan fingerprint density at radius 3 is 2.43 bits per heavy atom. The third kappa shape index (κ3) is 3.90. The molecule has 0 aliphatic heterocycles. The molecule has 2 rings (SSSR count). The molecule has 0 aromatic heterocycles. The minimum atomic E-state index is -1.27. The van der Waals surface area contributed by atoms with Gasteiger partial charge in [0, 0.05) is 0 Å². The third-order valence-electron chi connectivity index (χ3n) is 2.61. The van der Waals surface area contributed by atoms with Crippen LogP contribution >= 0.6 is 0 Å². The second kappa shape index (κ2) is 7.35. The van der Waals surface area contributed by atoms with E-state index in [1.54, 1.807) is 30.3 Å². The molecule has 0 heterocycles. The van der Waals surface area contributed by atoms with Crippen LogP contribution in [-0.2, 0) is 6.61 Å². The molecule has 5 nitrogen and oxygen atoms in total. The predicted octanol–water partition coefficient (Wildman–Crippen LogP) is 2.39. The summed E-state index contributed by atoms with van der Waals surface area (Å²) in [6.07, 6.45) is 0. The Kier molecular flexibility index (Phi) is 6.07. The zero-order chi connectivity index (χ0) is 14.7. The van der Waals surface area contributed by atoms with Gasteiger partial charge in [0.15, 0.2) is 23.1 Å². The molecule has 2 aromatic rings. The van der Waals surface area contributed by atoms with Crippen molar-refractivity contribution < 1.29 is 18.4 Å². The van der Waals surface area contributed by atoms with Crippen LogP contribution < -0.4 is 10.5 Å². The van der Waals surface area contributed by atoms with Gasteiger partial charge in [-0.1, -0.05) is 30.3 Å². The summed E-state index contributed by atoms with van der Waals surface area (Å²) >= 11 is 0. The van der Waals surface area contributed by atoms with Crippen molar-refractivity contribution in [2.75, 3.05) is 5.73 Å². The van der Waals surface area contributed by atoms with Crippen LogP contribution in [0.5, 0.6) is 5.75 Å². The van der Waals surface area contributed by atoms with Gasteiger partial charge in [-0.05, 0) is 5.56 Å². The molecule has 0 fully saturated rings. The van der Waals surface area contributed by atoms with Gasteiger partial charge < -0.3 is 10.5 Å². The Morgan fingerprint density at radius 1 is 1.24 bits per heavy atom. The molecule has 0 radical (unpaired) electrons. The Morgan fingerprint density at radius 2 is 1.86 bits per heavy atom. The molecule has 0 saturated heterocycles. The van der Waals surface area contributed by atoms with Crippen LogP contribution in [0.25, 0.3) is 0 Å². The number of nitrogens with zero attached hydrogens (tertiary/aromatic N) is 1. The fourth-order valence-electron chi connectivity index (χ4n) is 1.62. The second-order valence-corrected chi connectivity index (χ2v) is 3.97. The molecule has 0 atom stereocenters. The number of nitrogen functional groups attached to an aromatic ring is 1. The van der Waals surface area contributed by atoms with Gasteiger partial charge in [-0.3, -0.25) is 10.1 Å². The molecule has 0 unspecified atom stereocenters. The van der Waals surface area contributed by atoms with E-state index in [0.717, 1.165) is 0 Å². The van der Waals surface area contributed by atoms with Crippen molar-refractivity contribution in [1.82, 2.24) is 0 Å². The standard InChI is InChI=1S/C13H10F2N2O3.Na.H/c14-9-6-10(17(18)19)12(16)11(15)13(9)20-7-8-4-2-1-3-5-8;;/h1-6H,7,16H2;;. The quantitative estimate of drug-likeness (QED) is 0.407. The van der Waals surface area contributed by atoms with E-state index in [4.69, 9.17) is 10.5 Å². The van der Waals surface area contributed by atoms with E-state index in [1.807, 2.05) is 0 Å². The van der Waals surface area contributed by atoms with Crippen LogP contribution in [0.3, 0.4) is 0 Å². The van der Waals surface area contributed by atoms with Crippen molar-refractivity contribution in [3.63, 3.8) is 0 Å². The van der Waals surface area contributed by atoms with Crippen molar-refractivity contribution in [3.05, 3.63) is 63.7 Å². The monoisotopic (exact) mass is 304 g/mol. The number of halogens is 2. The number of hydrogen-bond acceptors (Lipinski definition) is 4. The zero-order valence-electron chi connectivity index (χ0n) is 10.2. The molecular weight excluding hydrogens is 293 g/mol. The summed E-state index contributed by atoms with van der Waals surface area (Å²) in [5.41, 5.74) is 4.38. The van der Waals surface area contributed by atoms with Crippen molar-refractivity contribution in [3.8, 4) is 5.75 Å². The van der Waals surface area contributed by atoms with Crippen molar-refractivity contribution in [1.29, 1.82) is 0 Å². The Hall–Kier alpha value is -1.70. The van der Waals surface area contributed by atoms with E-state index in [9.17, 15) is 18.9 Å². The molecule has 2 aromatic carbocycles. The SMILES string of the molecule is Nc1c([N+](=O)[O-])cc(F)c(OCc2ccccc2)c1F.[NaH]. The molecule has 0 saturated carbocycles. The average molecular weight is 304 g/mol. The molecule has 0 aliphatic rings. The van der Waals surface area contributed by atoms with Crippen LogP contribution in [0.15, 0.2) is 36.4 Å². The van der Waals surface area contributed by atoms with Crippen LogP contribution in [0, 0.1) is 21.7 Å². The van der Waals surface area contributed by atoms with Crippen molar-refractivity contribution in [2.24, 2.45) is 0 Å². The minimum absolute atomic E-state index is 0. The first-order chi connectivity index (χ1) is 9.50. The van der Waals surface area contributed by atoms with Gasteiger partial charge in [0.1, 0.15) is 6.61 Å². The number of rotatable bonds is 4. The van der Waals surface area contributed by atoms with Gasteiger partial charge in [-0.2, -0.15) is 0 Å². The molecule has 21 heavy (non-hydrogen) atoms. The van der Waals surface area contributed by atoms with Gasteiger partial charge >= 0.3 is 29.6 Å². The number of ether oxygens (including phenoxy) is 1. The maximum absolute atomic E-state index is 13.8. The van der Waals surface area contributed by atoms with Crippen LogP contribution in [-0.4, -0.2) is 34.5 Å². The molecule has 0 amide bonds. The van der Waals surface area contributed by atoms with Gasteiger partial charge in [-0.25, -0.2) is 8.78 Å². The summed E-state index contributed by atoms with van der Waals surface area (Å²) in [5.74, 6) is -3.16. The molecule has 0 aliphatic carbocycles. The molecule has 2 N–H and O–H groups in total. The summed E-state index contributed by atoms with van der Waals surface area (Å²) in [6.45, 7) is -0.0774.